The van der Waals surface area contributed by atoms with Crippen LogP contribution < -0.4 is 5.73 Å². The van der Waals surface area contributed by atoms with E-state index in [1.165, 1.54) is 24.7 Å². The van der Waals surface area contributed by atoms with Crippen molar-refractivity contribution in [2.45, 2.75) is 56.5 Å². The van der Waals surface area contributed by atoms with Crippen LogP contribution in [0.2, 0.25) is 0 Å². The number of aromatic nitrogens is 3. The molecule has 0 amide bonds. The number of hydrogen-bond donors (Lipinski definition) is 1. The van der Waals surface area contributed by atoms with Crippen LogP contribution >= 0.6 is 0 Å². The minimum atomic E-state index is -4.54. The van der Waals surface area contributed by atoms with E-state index in [1.807, 2.05) is 6.07 Å². The van der Waals surface area contributed by atoms with Crippen molar-refractivity contribution >= 4 is 5.82 Å². The molecule has 4 atom stereocenters. The van der Waals surface area contributed by atoms with Gasteiger partial charge >= 0.3 is 6.18 Å². The van der Waals surface area contributed by atoms with E-state index < -0.39 is 17.6 Å². The Hall–Kier alpha value is -2.13. The predicted molar refractivity (Wildman–Crippen MR) is 108 cm³/mol. The highest BCUT2D eigenvalue weighted by Gasteiger charge is 2.59. The Labute approximate surface area is 178 Å². The van der Waals surface area contributed by atoms with Crippen LogP contribution in [0.4, 0.5) is 19.0 Å². The van der Waals surface area contributed by atoms with Crippen LogP contribution in [0.15, 0.2) is 18.3 Å². The molecule has 31 heavy (non-hydrogen) atoms. The summed E-state index contributed by atoms with van der Waals surface area (Å²) in [4.78, 5) is 6.25. The van der Waals surface area contributed by atoms with E-state index in [0.717, 1.165) is 45.0 Å². The van der Waals surface area contributed by atoms with Crippen LogP contribution in [-0.2, 0) is 10.9 Å². The SMILES string of the molecule is Nc1ncc(-c2cc(C3[C@H]4CN(C5CCO5)C[C@@H]34)n(C3CCCC3)n2)cc1C(F)(F)F. The maximum absolute atomic E-state index is 13.3. The zero-order valence-electron chi connectivity index (χ0n) is 17.2. The number of nitrogens with zero attached hydrogens (tertiary/aromatic N) is 4. The second-order valence-corrected chi connectivity index (χ2v) is 9.41. The molecule has 2 aromatic rings. The summed E-state index contributed by atoms with van der Waals surface area (Å²) in [7, 11) is 0. The zero-order valence-corrected chi connectivity index (χ0v) is 17.2. The molecule has 0 spiro atoms. The predicted octanol–water partition coefficient (Wildman–Crippen LogP) is 4.05. The first-order valence-corrected chi connectivity index (χ1v) is 11.2. The molecule has 0 radical (unpaired) electrons. The number of anilines is 1. The summed E-state index contributed by atoms with van der Waals surface area (Å²) in [6.45, 7) is 2.92. The van der Waals surface area contributed by atoms with Gasteiger partial charge < -0.3 is 10.5 Å². The molecule has 166 valence electrons. The molecule has 2 N–H and O–H groups in total. The number of hydrogen-bond acceptors (Lipinski definition) is 5. The van der Waals surface area contributed by atoms with Crippen molar-refractivity contribution in [3.63, 3.8) is 0 Å². The molecule has 6 nitrogen and oxygen atoms in total. The topological polar surface area (TPSA) is 69.2 Å². The first-order chi connectivity index (χ1) is 14.9. The summed E-state index contributed by atoms with van der Waals surface area (Å²) in [6.07, 6.45) is 2.75. The van der Waals surface area contributed by atoms with E-state index in [4.69, 9.17) is 15.6 Å². The van der Waals surface area contributed by atoms with E-state index in [2.05, 4.69) is 14.6 Å². The highest BCUT2D eigenvalue weighted by Crippen LogP contribution is 2.59. The van der Waals surface area contributed by atoms with Crippen molar-refractivity contribution in [1.29, 1.82) is 0 Å². The van der Waals surface area contributed by atoms with Crippen molar-refractivity contribution in [1.82, 2.24) is 19.7 Å². The Morgan fingerprint density at radius 2 is 1.77 bits per heavy atom. The molecular weight excluding hydrogens is 407 g/mol. The summed E-state index contributed by atoms with van der Waals surface area (Å²) in [6, 6.07) is 3.41. The summed E-state index contributed by atoms with van der Waals surface area (Å²) < 4.78 is 47.8. The number of ether oxygens (including phenoxy) is 1. The molecule has 2 aliphatic carbocycles. The molecule has 9 heteroatoms. The van der Waals surface area contributed by atoms with Crippen molar-refractivity contribution in [2.75, 3.05) is 25.4 Å². The third-order valence-corrected chi connectivity index (χ3v) is 7.60. The monoisotopic (exact) mass is 433 g/mol. The van der Waals surface area contributed by atoms with E-state index in [9.17, 15) is 13.2 Å². The Balaban J connectivity index is 1.32. The Kier molecular flexibility index (Phi) is 4.37. The number of piperidine rings is 1. The smallest absolute Gasteiger partial charge is 0.383 e. The molecule has 4 fully saturated rings. The van der Waals surface area contributed by atoms with Crippen LogP contribution in [-0.4, -0.2) is 45.6 Å². The zero-order chi connectivity index (χ0) is 21.3. The first kappa shape index (κ1) is 19.5. The molecule has 2 saturated heterocycles. The van der Waals surface area contributed by atoms with Gasteiger partial charge in [0.2, 0.25) is 0 Å². The summed E-state index contributed by atoms with van der Waals surface area (Å²) in [5.41, 5.74) is 6.70. The quantitative estimate of drug-likeness (QED) is 0.788. The van der Waals surface area contributed by atoms with Gasteiger partial charge in [0.05, 0.1) is 23.9 Å². The fraction of sp³-hybridized carbons (Fsp3) is 0.636. The average molecular weight is 433 g/mol. The van der Waals surface area contributed by atoms with Gasteiger partial charge in [0, 0.05) is 42.9 Å². The fourth-order valence-corrected chi connectivity index (χ4v) is 5.83. The van der Waals surface area contributed by atoms with Crippen LogP contribution in [0, 0.1) is 11.8 Å². The fourth-order valence-electron chi connectivity index (χ4n) is 5.83. The van der Waals surface area contributed by atoms with E-state index in [-0.39, 0.29) is 6.23 Å². The van der Waals surface area contributed by atoms with E-state index >= 15 is 0 Å². The molecule has 4 aliphatic rings. The van der Waals surface area contributed by atoms with Crippen molar-refractivity contribution in [2.24, 2.45) is 11.8 Å². The Bertz CT molecular complexity index is 984. The van der Waals surface area contributed by atoms with Gasteiger partial charge in [-0.15, -0.1) is 0 Å². The number of likely N-dealkylation sites (tertiary alicyclic amines) is 1. The molecule has 2 unspecified atom stereocenters. The van der Waals surface area contributed by atoms with Crippen LogP contribution in [0.1, 0.15) is 55.3 Å². The third kappa shape index (κ3) is 3.24. The maximum Gasteiger partial charge on any atom is 0.419 e. The average Bonchev–Trinajstić information content (AvgIpc) is 3.17. The van der Waals surface area contributed by atoms with Gasteiger partial charge in [0.15, 0.2) is 0 Å². The van der Waals surface area contributed by atoms with Gasteiger partial charge in [-0.2, -0.15) is 18.3 Å². The van der Waals surface area contributed by atoms with E-state index in [0.29, 0.717) is 35.1 Å². The summed E-state index contributed by atoms with van der Waals surface area (Å²) in [5.74, 6) is 1.11. The number of rotatable bonds is 4. The van der Waals surface area contributed by atoms with Crippen LogP contribution in [0.25, 0.3) is 11.3 Å². The number of pyridine rings is 1. The molecule has 6 rings (SSSR count). The van der Waals surface area contributed by atoms with Gasteiger partial charge in [-0.25, -0.2) is 4.98 Å². The lowest BCUT2D eigenvalue weighted by molar-refractivity contribution is -0.140. The molecule has 4 heterocycles. The largest absolute Gasteiger partial charge is 0.419 e. The standard InChI is InChI=1S/C22H26F3N5O/c23-22(24,25)16-7-12(9-27-21(16)26)17-8-18(30(28-17)13-3-1-2-4-13)20-14-10-29(11-15(14)20)19-5-6-31-19/h7-9,13-15,19-20H,1-6,10-11H2,(H2,26,27)/t14-,15+,19?,20?. The molecule has 0 bridgehead atoms. The van der Waals surface area contributed by atoms with Gasteiger partial charge in [-0.3, -0.25) is 9.58 Å². The summed E-state index contributed by atoms with van der Waals surface area (Å²) in [5, 5.41) is 4.82. The maximum atomic E-state index is 13.3. The van der Waals surface area contributed by atoms with Crippen molar-refractivity contribution in [3.8, 4) is 11.3 Å². The number of halogens is 3. The second kappa shape index (κ2) is 6.93. The third-order valence-electron chi connectivity index (χ3n) is 7.60. The highest BCUT2D eigenvalue weighted by atomic mass is 19.4. The molecule has 0 aromatic carbocycles. The lowest BCUT2D eigenvalue weighted by atomic mass is 10.1. The Morgan fingerprint density at radius 3 is 2.39 bits per heavy atom. The second-order valence-electron chi connectivity index (χ2n) is 9.41. The number of fused-ring (bicyclic) bond motifs is 1. The van der Waals surface area contributed by atoms with Gasteiger partial charge in [0.1, 0.15) is 12.0 Å². The number of nitrogens with two attached hydrogens (primary N) is 1. The molecular formula is C22H26F3N5O. The van der Waals surface area contributed by atoms with Gasteiger partial charge in [0.25, 0.3) is 0 Å². The highest BCUT2D eigenvalue weighted by molar-refractivity contribution is 5.63. The van der Waals surface area contributed by atoms with E-state index in [1.54, 1.807) is 0 Å². The van der Waals surface area contributed by atoms with Gasteiger partial charge in [-0.05, 0) is 36.8 Å². The molecule has 2 aliphatic heterocycles. The molecule has 2 aromatic heterocycles. The number of nitrogen functional groups attached to an aromatic ring is 1. The Morgan fingerprint density at radius 1 is 1.06 bits per heavy atom. The van der Waals surface area contributed by atoms with Crippen molar-refractivity contribution < 1.29 is 17.9 Å². The van der Waals surface area contributed by atoms with Crippen molar-refractivity contribution in [3.05, 3.63) is 29.6 Å². The first-order valence-electron chi connectivity index (χ1n) is 11.2. The minimum absolute atomic E-state index is 0.283. The lowest BCUT2D eigenvalue weighted by Crippen LogP contribution is -2.44. The van der Waals surface area contributed by atoms with Crippen LogP contribution in [0.5, 0.6) is 0 Å². The van der Waals surface area contributed by atoms with Gasteiger partial charge in [-0.1, -0.05) is 12.8 Å². The summed E-state index contributed by atoms with van der Waals surface area (Å²) >= 11 is 0. The minimum Gasteiger partial charge on any atom is -0.383 e. The van der Waals surface area contributed by atoms with Crippen LogP contribution in [0.3, 0.4) is 0 Å². The normalized spacial score (nSPS) is 31.1. The lowest BCUT2D eigenvalue weighted by Gasteiger charge is -2.36. The number of alkyl halides is 3. The molecule has 2 saturated carbocycles.